The summed E-state index contributed by atoms with van der Waals surface area (Å²) in [6, 6.07) is 0. The maximum atomic E-state index is 13.4. The molecule has 2 aliphatic rings. The van der Waals surface area contributed by atoms with E-state index in [4.69, 9.17) is 14.2 Å². The smallest absolute Gasteiger partial charge is 0.389 e. The Morgan fingerprint density at radius 1 is 0.483 bits per heavy atom. The van der Waals surface area contributed by atoms with Gasteiger partial charge < -0.3 is 57.9 Å². The van der Waals surface area contributed by atoms with Gasteiger partial charge in [0.25, 0.3) is 0 Å². The number of hydrogen-bond acceptors (Lipinski definition) is 16. The molecule has 0 aliphatic carbocycles. The van der Waals surface area contributed by atoms with Crippen molar-refractivity contribution in [1.82, 2.24) is 9.80 Å². The quantitative estimate of drug-likeness (QED) is 0.0418. The summed E-state index contributed by atoms with van der Waals surface area (Å²) in [6.07, 6.45) is -31.5. The van der Waals surface area contributed by atoms with Crippen molar-refractivity contribution in [3.05, 3.63) is 0 Å². The van der Waals surface area contributed by atoms with Crippen LogP contribution in [0.1, 0.15) is 0 Å². The molecule has 2 fully saturated rings. The van der Waals surface area contributed by atoms with Crippen molar-refractivity contribution >= 4 is 0 Å². The zero-order valence-corrected chi connectivity index (χ0v) is 31.8. The van der Waals surface area contributed by atoms with E-state index in [1.54, 1.807) is 33.1 Å². The van der Waals surface area contributed by atoms with E-state index in [1.165, 1.54) is 4.90 Å². The predicted molar refractivity (Wildman–Crippen MR) is 168 cm³/mol. The van der Waals surface area contributed by atoms with E-state index < -0.39 is 88.9 Å². The number of hydrogen-bond donors (Lipinski definition) is 2. The van der Waals surface area contributed by atoms with E-state index in [9.17, 15) is 62.9 Å². The summed E-state index contributed by atoms with van der Waals surface area (Å²) in [4.78, 5) is 3.21. The van der Waals surface area contributed by atoms with Crippen LogP contribution in [0.15, 0.2) is 0 Å². The van der Waals surface area contributed by atoms with Crippen LogP contribution in [-0.4, -0.2) is 215 Å². The van der Waals surface area contributed by atoms with Crippen LogP contribution in [0.5, 0.6) is 0 Å². The Morgan fingerprint density at radius 3 is 1.14 bits per heavy atom. The van der Waals surface area contributed by atoms with Gasteiger partial charge in [-0.1, -0.05) is 0 Å². The number of rotatable bonds is 34. The monoisotopic (exact) mass is 890 g/mol. The Morgan fingerprint density at radius 2 is 0.776 bits per heavy atom. The van der Waals surface area contributed by atoms with Crippen LogP contribution in [0.4, 0.5) is 52.7 Å². The number of likely N-dealkylation sites (N-methyl/N-ethyl adjacent to an activating group) is 2. The molecule has 0 bridgehead atoms. The van der Waals surface area contributed by atoms with Crippen molar-refractivity contribution in [3.63, 3.8) is 0 Å². The molecule has 2 heterocycles. The van der Waals surface area contributed by atoms with E-state index in [0.717, 1.165) is 0 Å². The molecule has 0 aromatic carbocycles. The van der Waals surface area contributed by atoms with Gasteiger partial charge >= 0.3 is 37.0 Å². The first-order valence-electron chi connectivity index (χ1n) is 17.0. The molecule has 348 valence electrons. The van der Waals surface area contributed by atoms with Crippen molar-refractivity contribution in [2.24, 2.45) is 0 Å². The Labute approximate surface area is 325 Å². The maximum absolute atomic E-state index is 13.4. The zero-order valence-electron chi connectivity index (χ0n) is 31.8. The minimum atomic E-state index is -5.37. The second-order valence-electron chi connectivity index (χ2n) is 12.9. The Hall–Kier alpha value is -1.48. The van der Waals surface area contributed by atoms with Crippen LogP contribution in [-0.2, 0) is 56.8 Å². The van der Waals surface area contributed by atoms with Gasteiger partial charge in [-0.2, -0.15) is 35.1 Å². The first kappa shape index (κ1) is 54.5. The number of ether oxygens (including phenoxy) is 12. The van der Waals surface area contributed by atoms with Crippen molar-refractivity contribution in [3.8, 4) is 0 Å². The first-order chi connectivity index (χ1) is 26.6. The molecule has 0 aromatic rings. The molecule has 2 N–H and O–H groups in total. The van der Waals surface area contributed by atoms with Crippen LogP contribution >= 0.6 is 0 Å². The normalized spacial score (nSPS) is 19.0. The third-order valence-corrected chi connectivity index (χ3v) is 6.08. The van der Waals surface area contributed by atoms with E-state index in [0.29, 0.717) is 19.8 Å². The minimum absolute atomic E-state index is 0.0296. The Balaban J connectivity index is 0.000000590. The van der Waals surface area contributed by atoms with Crippen LogP contribution in [0.2, 0.25) is 0 Å². The highest BCUT2D eigenvalue weighted by molar-refractivity contribution is 4.68. The van der Waals surface area contributed by atoms with E-state index in [2.05, 4.69) is 42.6 Å². The summed E-state index contributed by atoms with van der Waals surface area (Å²) in [5, 5.41) is 19.0. The van der Waals surface area contributed by atoms with Crippen LogP contribution in [0.3, 0.4) is 0 Å². The molecule has 28 heteroatoms. The van der Waals surface area contributed by atoms with E-state index in [-0.39, 0.29) is 58.4 Å². The number of nitrogens with zero attached hydrogens (tertiary/aromatic N) is 2. The SMILES string of the molecule is CN(C)CC(O)COCCOCC(F)(F)OC(F)(F)OC(F)(F)COCC(O)CN(C)C.FC(F)(COCCOCC1CO1)OC(F)(F)OC(F)(F)COCC1CO1. The molecular weight excluding hydrogens is 840 g/mol. The summed E-state index contributed by atoms with van der Waals surface area (Å²) >= 11 is 0. The molecule has 0 radical (unpaired) electrons. The lowest BCUT2D eigenvalue weighted by Crippen LogP contribution is -2.44. The summed E-state index contributed by atoms with van der Waals surface area (Å²) in [5.74, 6) is 0. The second-order valence-corrected chi connectivity index (χ2v) is 12.9. The van der Waals surface area contributed by atoms with Crippen LogP contribution in [0, 0.1) is 0 Å². The Kier molecular flexibility index (Phi) is 23.9. The lowest BCUT2D eigenvalue weighted by atomic mass is 10.3. The highest BCUT2D eigenvalue weighted by Gasteiger charge is 2.54. The fraction of sp³-hybridized carbons (Fsp3) is 1.00. The maximum Gasteiger partial charge on any atom is 0.495 e. The molecular formula is C30H50F12N2O14. The predicted octanol–water partition coefficient (Wildman–Crippen LogP) is 2.25. The van der Waals surface area contributed by atoms with Crippen LogP contribution in [0.25, 0.3) is 0 Å². The molecule has 0 spiro atoms. The van der Waals surface area contributed by atoms with Gasteiger partial charge in [0.05, 0.1) is 78.3 Å². The van der Waals surface area contributed by atoms with Gasteiger partial charge in [0.1, 0.15) is 38.6 Å². The van der Waals surface area contributed by atoms with Gasteiger partial charge in [-0.15, -0.1) is 17.6 Å². The number of alkyl halides is 12. The van der Waals surface area contributed by atoms with Crippen molar-refractivity contribution in [2.75, 3.05) is 134 Å². The fourth-order valence-electron chi connectivity index (χ4n) is 3.81. The van der Waals surface area contributed by atoms with Gasteiger partial charge in [-0.25, -0.2) is 18.9 Å². The van der Waals surface area contributed by atoms with Gasteiger partial charge in [0.2, 0.25) is 0 Å². The number of aliphatic hydroxyl groups is 2. The minimum Gasteiger partial charge on any atom is -0.389 e. The van der Waals surface area contributed by atoms with Gasteiger partial charge in [-0.05, 0) is 28.2 Å². The standard InChI is InChI=1S/C17H32F6N2O7.C13H18F6O7/c1-24(2)7-13(26)9-28-5-6-29-11-15(18,19)31-17(22,23)32-16(20,21)12-30-10-14(27)8-25(3)4;14-11(15,7-21-2-1-20-3-9-5-23-9)25-13(18,19)26-12(16,17)8-22-4-10-6-24-10/h13-14,26-27H,5-12H2,1-4H3;9-10H,1-8H2. The Bertz CT molecular complexity index is 1100. The lowest BCUT2D eigenvalue weighted by molar-refractivity contribution is -0.519. The largest absolute Gasteiger partial charge is 0.495 e. The van der Waals surface area contributed by atoms with Crippen molar-refractivity contribution in [1.29, 1.82) is 0 Å². The molecule has 0 saturated carbocycles. The molecule has 2 rings (SSSR count). The third kappa shape index (κ3) is 31.4. The van der Waals surface area contributed by atoms with E-state index in [1.807, 2.05) is 0 Å². The van der Waals surface area contributed by atoms with Crippen molar-refractivity contribution < 1.29 is 120 Å². The molecule has 58 heavy (non-hydrogen) atoms. The first-order valence-corrected chi connectivity index (χ1v) is 17.0. The topological polar surface area (TPSA) is 164 Å². The molecule has 2 aliphatic heterocycles. The average molecular weight is 891 g/mol. The average Bonchev–Trinajstić information content (AvgIpc) is 3.94. The molecule has 4 atom stereocenters. The van der Waals surface area contributed by atoms with Gasteiger partial charge in [0.15, 0.2) is 0 Å². The molecule has 0 aromatic heterocycles. The second kappa shape index (κ2) is 25.5. The lowest BCUT2D eigenvalue weighted by Gasteiger charge is -2.26. The molecule has 16 nitrogen and oxygen atoms in total. The zero-order chi connectivity index (χ0) is 44.3. The third-order valence-electron chi connectivity index (χ3n) is 6.08. The number of aliphatic hydroxyl groups excluding tert-OH is 2. The number of halogens is 12. The molecule has 0 amide bonds. The van der Waals surface area contributed by atoms with Gasteiger partial charge in [0, 0.05) is 13.1 Å². The van der Waals surface area contributed by atoms with E-state index >= 15 is 0 Å². The fourth-order valence-corrected chi connectivity index (χ4v) is 3.81. The highest BCUT2D eigenvalue weighted by Crippen LogP contribution is 2.35. The highest BCUT2D eigenvalue weighted by atomic mass is 19.3. The van der Waals surface area contributed by atoms with Crippen molar-refractivity contribution in [2.45, 2.75) is 61.4 Å². The summed E-state index contributed by atoms with van der Waals surface area (Å²) in [5.41, 5.74) is 0. The number of epoxide rings is 2. The van der Waals surface area contributed by atoms with Gasteiger partial charge in [-0.3, -0.25) is 0 Å². The summed E-state index contributed by atoms with van der Waals surface area (Å²) in [7, 11) is 6.61. The summed E-state index contributed by atoms with van der Waals surface area (Å²) in [6.45, 7) is -7.23. The molecule has 2 saturated heterocycles. The summed E-state index contributed by atoms with van der Waals surface area (Å²) < 4.78 is 209. The van der Waals surface area contributed by atoms with Crippen LogP contribution < -0.4 is 0 Å². The molecule has 4 unspecified atom stereocenters.